The van der Waals surface area contributed by atoms with E-state index in [-0.39, 0.29) is 18.2 Å². The van der Waals surface area contributed by atoms with Crippen molar-refractivity contribution in [3.63, 3.8) is 0 Å². The van der Waals surface area contributed by atoms with Gasteiger partial charge in [-0.25, -0.2) is 0 Å². The molecule has 0 radical (unpaired) electrons. The van der Waals surface area contributed by atoms with Gasteiger partial charge in [0.15, 0.2) is 0 Å². The Morgan fingerprint density at radius 3 is 2.33 bits per heavy atom. The predicted octanol–water partition coefficient (Wildman–Crippen LogP) is 4.59. The fraction of sp³-hybridized carbons (Fsp3) is 0.500. The zero-order valence-electron chi connectivity index (χ0n) is 11.8. The average Bonchev–Trinajstić information content (AvgIpc) is 2.34. The minimum Gasteiger partial charge on any atom is -0.333 e. The van der Waals surface area contributed by atoms with Gasteiger partial charge in [0.05, 0.1) is 5.75 Å². The van der Waals surface area contributed by atoms with Crippen molar-refractivity contribution in [1.29, 1.82) is 0 Å². The molecule has 0 saturated heterocycles. The Bertz CT molecular complexity index is 462. The number of hydrogen-bond acceptors (Lipinski definition) is 2. The lowest BCUT2D eigenvalue weighted by Crippen LogP contribution is -2.42. The zero-order chi connectivity index (χ0) is 16.0. The van der Waals surface area contributed by atoms with E-state index in [9.17, 15) is 18.0 Å². The van der Waals surface area contributed by atoms with Gasteiger partial charge in [-0.3, -0.25) is 4.79 Å². The third-order valence-electron chi connectivity index (χ3n) is 2.48. The maximum atomic E-state index is 12.5. The molecule has 0 aliphatic rings. The fourth-order valence-corrected chi connectivity index (χ4v) is 2.74. The molecule has 0 atom stereocenters. The van der Waals surface area contributed by atoms with Crippen molar-refractivity contribution in [3.05, 3.63) is 28.7 Å². The molecule has 7 heteroatoms. The summed E-state index contributed by atoms with van der Waals surface area (Å²) >= 11 is 4.54. The molecule has 1 amide bonds. The minimum absolute atomic E-state index is 0.00440. The van der Waals surface area contributed by atoms with Crippen LogP contribution in [0.1, 0.15) is 13.8 Å². The summed E-state index contributed by atoms with van der Waals surface area (Å²) in [4.78, 5) is 13.7. The molecular weight excluding hydrogens is 367 g/mol. The van der Waals surface area contributed by atoms with E-state index in [4.69, 9.17) is 0 Å². The summed E-state index contributed by atoms with van der Waals surface area (Å²) in [7, 11) is 0. The number of alkyl halides is 3. The van der Waals surface area contributed by atoms with Crippen LogP contribution < -0.4 is 0 Å². The van der Waals surface area contributed by atoms with Crippen molar-refractivity contribution in [2.75, 3.05) is 18.8 Å². The minimum atomic E-state index is -4.37. The van der Waals surface area contributed by atoms with E-state index < -0.39 is 18.6 Å². The standard InChI is InChI=1S/C14H17BrF3NOS/c1-10(2)7-19(9-14(16,17)18)13(20)8-21-12-5-3-11(15)4-6-12/h3-6,10H,7-9H2,1-2H3. The molecule has 21 heavy (non-hydrogen) atoms. The van der Waals surface area contributed by atoms with E-state index in [1.54, 1.807) is 13.8 Å². The van der Waals surface area contributed by atoms with Crippen LogP contribution in [0.4, 0.5) is 13.2 Å². The van der Waals surface area contributed by atoms with E-state index >= 15 is 0 Å². The van der Waals surface area contributed by atoms with Crippen LogP contribution >= 0.6 is 27.7 Å². The number of thioether (sulfide) groups is 1. The first kappa shape index (κ1) is 18.4. The first-order valence-corrected chi connectivity index (χ1v) is 8.18. The van der Waals surface area contributed by atoms with Gasteiger partial charge in [0.25, 0.3) is 0 Å². The Morgan fingerprint density at radius 2 is 1.86 bits per heavy atom. The zero-order valence-corrected chi connectivity index (χ0v) is 14.2. The van der Waals surface area contributed by atoms with Crippen molar-refractivity contribution in [2.45, 2.75) is 24.9 Å². The highest BCUT2D eigenvalue weighted by atomic mass is 79.9. The van der Waals surface area contributed by atoms with E-state index in [0.29, 0.717) is 0 Å². The Balaban J connectivity index is 2.61. The number of hydrogen-bond donors (Lipinski definition) is 0. The second-order valence-electron chi connectivity index (χ2n) is 5.03. The highest BCUT2D eigenvalue weighted by molar-refractivity contribution is 9.10. The molecule has 118 valence electrons. The van der Waals surface area contributed by atoms with Crippen LogP contribution in [0, 0.1) is 5.92 Å². The van der Waals surface area contributed by atoms with Gasteiger partial charge in [-0.1, -0.05) is 29.8 Å². The molecule has 0 spiro atoms. The molecule has 0 bridgehead atoms. The van der Waals surface area contributed by atoms with E-state index in [1.807, 2.05) is 24.3 Å². The summed E-state index contributed by atoms with van der Waals surface area (Å²) in [5.41, 5.74) is 0. The molecule has 0 saturated carbocycles. The highest BCUT2D eigenvalue weighted by Crippen LogP contribution is 2.22. The number of halogens is 4. The molecule has 2 nitrogen and oxygen atoms in total. The number of rotatable bonds is 6. The van der Waals surface area contributed by atoms with Crippen LogP contribution in [-0.2, 0) is 4.79 Å². The monoisotopic (exact) mass is 383 g/mol. The second kappa shape index (κ2) is 8.08. The third kappa shape index (κ3) is 7.76. The van der Waals surface area contributed by atoms with Crippen LogP contribution in [0.2, 0.25) is 0 Å². The van der Waals surface area contributed by atoms with E-state index in [0.717, 1.165) is 14.3 Å². The third-order valence-corrected chi connectivity index (χ3v) is 4.01. The summed E-state index contributed by atoms with van der Waals surface area (Å²) in [6, 6.07) is 7.29. The number of carbonyl (C=O) groups excluding carboxylic acids is 1. The molecule has 0 heterocycles. The van der Waals surface area contributed by atoms with Gasteiger partial charge in [0.1, 0.15) is 6.54 Å². The fourth-order valence-electron chi connectivity index (χ4n) is 1.68. The van der Waals surface area contributed by atoms with Crippen LogP contribution in [0.3, 0.4) is 0 Å². The van der Waals surface area contributed by atoms with Crippen LogP contribution in [0.15, 0.2) is 33.6 Å². The molecule has 0 aliphatic carbocycles. The summed E-state index contributed by atoms with van der Waals surface area (Å²) in [5, 5.41) is 0. The quantitative estimate of drug-likeness (QED) is 0.669. The van der Waals surface area contributed by atoms with E-state index in [1.165, 1.54) is 11.8 Å². The Morgan fingerprint density at radius 1 is 1.29 bits per heavy atom. The Hall–Kier alpha value is -0.690. The first-order chi connectivity index (χ1) is 9.67. The lowest BCUT2D eigenvalue weighted by atomic mass is 10.2. The van der Waals surface area contributed by atoms with Crippen molar-refractivity contribution < 1.29 is 18.0 Å². The van der Waals surface area contributed by atoms with Crippen LogP contribution in [0.5, 0.6) is 0 Å². The number of carbonyl (C=O) groups is 1. The molecule has 0 N–H and O–H groups in total. The van der Waals surface area contributed by atoms with Crippen LogP contribution in [-0.4, -0.2) is 35.8 Å². The van der Waals surface area contributed by atoms with Gasteiger partial charge in [-0.2, -0.15) is 13.2 Å². The smallest absolute Gasteiger partial charge is 0.333 e. The van der Waals surface area contributed by atoms with Crippen molar-refractivity contribution in [2.24, 2.45) is 5.92 Å². The molecular formula is C14H17BrF3NOS. The van der Waals surface area contributed by atoms with Gasteiger partial charge in [0.2, 0.25) is 5.91 Å². The molecule has 0 aromatic heterocycles. The summed E-state index contributed by atoms with van der Waals surface area (Å²) in [6.07, 6.45) is -4.37. The summed E-state index contributed by atoms with van der Waals surface area (Å²) in [5.74, 6) is -0.493. The molecule has 1 aromatic carbocycles. The van der Waals surface area contributed by atoms with Crippen molar-refractivity contribution in [1.82, 2.24) is 4.90 Å². The predicted molar refractivity (Wildman–Crippen MR) is 82.3 cm³/mol. The molecule has 1 rings (SSSR count). The van der Waals surface area contributed by atoms with Crippen molar-refractivity contribution >= 4 is 33.6 Å². The topological polar surface area (TPSA) is 20.3 Å². The van der Waals surface area contributed by atoms with Crippen LogP contribution in [0.25, 0.3) is 0 Å². The molecule has 0 unspecified atom stereocenters. The lowest BCUT2D eigenvalue weighted by Gasteiger charge is -2.25. The van der Waals surface area contributed by atoms with Gasteiger partial charge in [0, 0.05) is 15.9 Å². The Labute approximate surface area is 135 Å². The molecule has 1 aromatic rings. The molecule has 0 aliphatic heterocycles. The average molecular weight is 384 g/mol. The Kier molecular flexibility index (Phi) is 7.06. The second-order valence-corrected chi connectivity index (χ2v) is 6.99. The molecule has 0 fully saturated rings. The summed E-state index contributed by atoms with van der Waals surface area (Å²) in [6.45, 7) is 2.50. The highest BCUT2D eigenvalue weighted by Gasteiger charge is 2.33. The normalized spacial score (nSPS) is 11.8. The summed E-state index contributed by atoms with van der Waals surface area (Å²) < 4.78 is 38.5. The first-order valence-electron chi connectivity index (χ1n) is 6.40. The van der Waals surface area contributed by atoms with Crippen molar-refractivity contribution in [3.8, 4) is 0 Å². The number of amides is 1. The number of benzene rings is 1. The van der Waals surface area contributed by atoms with Gasteiger partial charge in [-0.05, 0) is 30.2 Å². The maximum Gasteiger partial charge on any atom is 0.406 e. The lowest BCUT2D eigenvalue weighted by molar-refractivity contribution is -0.160. The number of nitrogens with zero attached hydrogens (tertiary/aromatic N) is 1. The van der Waals surface area contributed by atoms with Gasteiger partial charge >= 0.3 is 6.18 Å². The van der Waals surface area contributed by atoms with Gasteiger partial charge in [-0.15, -0.1) is 11.8 Å². The maximum absolute atomic E-state index is 12.5. The van der Waals surface area contributed by atoms with E-state index in [2.05, 4.69) is 15.9 Å². The SMILES string of the molecule is CC(C)CN(CC(F)(F)F)C(=O)CSc1ccc(Br)cc1. The van der Waals surface area contributed by atoms with Gasteiger partial charge < -0.3 is 4.90 Å². The largest absolute Gasteiger partial charge is 0.406 e.